The number of aliphatic hydroxyl groups excluding tert-OH is 1. The summed E-state index contributed by atoms with van der Waals surface area (Å²) in [7, 11) is -3.56. The molecule has 0 aliphatic rings. The standard InChI is InChI=1S/C16H16ClNO3S/c17-16-7-5-13(6-8-16)9-10-22(20,21)18-11-14-3-1-2-4-15(14)12-19/h1-10,18-19H,11-12H2/b10-9+. The third-order valence-corrected chi connectivity index (χ3v) is 4.36. The lowest BCUT2D eigenvalue weighted by molar-refractivity contribution is 0.280. The first-order chi connectivity index (χ1) is 10.5. The number of benzene rings is 2. The van der Waals surface area contributed by atoms with Crippen LogP contribution in [0.15, 0.2) is 53.9 Å². The molecule has 0 fully saturated rings. The van der Waals surface area contributed by atoms with Gasteiger partial charge in [0.1, 0.15) is 0 Å². The van der Waals surface area contributed by atoms with Crippen molar-refractivity contribution in [3.63, 3.8) is 0 Å². The van der Waals surface area contributed by atoms with Gasteiger partial charge in [-0.15, -0.1) is 0 Å². The van der Waals surface area contributed by atoms with E-state index in [1.165, 1.54) is 6.08 Å². The number of sulfonamides is 1. The highest BCUT2D eigenvalue weighted by molar-refractivity contribution is 7.92. The van der Waals surface area contributed by atoms with Crippen LogP contribution in [0.5, 0.6) is 0 Å². The Morgan fingerprint density at radius 2 is 1.68 bits per heavy atom. The van der Waals surface area contributed by atoms with Crippen LogP contribution in [0.4, 0.5) is 0 Å². The van der Waals surface area contributed by atoms with Crippen molar-refractivity contribution in [2.24, 2.45) is 0 Å². The first-order valence-corrected chi connectivity index (χ1v) is 8.53. The Kier molecular flexibility index (Phi) is 5.74. The Labute approximate surface area is 135 Å². The lowest BCUT2D eigenvalue weighted by Gasteiger charge is -2.07. The van der Waals surface area contributed by atoms with Crippen LogP contribution in [0.2, 0.25) is 5.02 Å². The fourth-order valence-electron chi connectivity index (χ4n) is 1.85. The maximum Gasteiger partial charge on any atom is 0.234 e. The highest BCUT2D eigenvalue weighted by atomic mass is 35.5. The zero-order valence-corrected chi connectivity index (χ0v) is 13.3. The summed E-state index contributed by atoms with van der Waals surface area (Å²) in [5.74, 6) is 0. The van der Waals surface area contributed by atoms with Crippen molar-refractivity contribution in [3.05, 3.63) is 75.7 Å². The lowest BCUT2D eigenvalue weighted by Crippen LogP contribution is -2.21. The van der Waals surface area contributed by atoms with E-state index in [1.807, 2.05) is 0 Å². The van der Waals surface area contributed by atoms with Crippen molar-refractivity contribution < 1.29 is 13.5 Å². The molecule has 0 aliphatic carbocycles. The van der Waals surface area contributed by atoms with Gasteiger partial charge < -0.3 is 5.11 Å². The van der Waals surface area contributed by atoms with Gasteiger partial charge in [-0.25, -0.2) is 13.1 Å². The Morgan fingerprint density at radius 1 is 1.05 bits per heavy atom. The summed E-state index contributed by atoms with van der Waals surface area (Å²) in [5.41, 5.74) is 2.19. The van der Waals surface area contributed by atoms with Crippen LogP contribution < -0.4 is 4.72 Å². The van der Waals surface area contributed by atoms with Gasteiger partial charge in [-0.3, -0.25) is 0 Å². The van der Waals surface area contributed by atoms with E-state index in [1.54, 1.807) is 48.5 Å². The molecule has 2 aromatic carbocycles. The van der Waals surface area contributed by atoms with Crippen molar-refractivity contribution in [1.82, 2.24) is 4.72 Å². The summed E-state index contributed by atoms with van der Waals surface area (Å²) in [6.07, 6.45) is 1.50. The molecule has 0 atom stereocenters. The van der Waals surface area contributed by atoms with Gasteiger partial charge in [0.25, 0.3) is 0 Å². The Morgan fingerprint density at radius 3 is 2.32 bits per heavy atom. The second kappa shape index (κ2) is 7.56. The molecule has 0 spiro atoms. The van der Waals surface area contributed by atoms with Gasteiger partial charge in [-0.05, 0) is 34.9 Å². The third kappa shape index (κ3) is 4.96. The van der Waals surface area contributed by atoms with Gasteiger partial charge in [0, 0.05) is 17.0 Å². The summed E-state index contributed by atoms with van der Waals surface area (Å²) in [5, 5.41) is 10.9. The van der Waals surface area contributed by atoms with E-state index in [-0.39, 0.29) is 13.2 Å². The van der Waals surface area contributed by atoms with E-state index in [4.69, 9.17) is 11.6 Å². The molecule has 0 heterocycles. The van der Waals surface area contributed by atoms with Crippen LogP contribution in [-0.2, 0) is 23.2 Å². The second-order valence-corrected chi connectivity index (χ2v) is 6.73. The Hall–Kier alpha value is -1.66. The van der Waals surface area contributed by atoms with E-state index in [0.29, 0.717) is 10.6 Å². The Bertz CT molecular complexity index is 755. The van der Waals surface area contributed by atoms with Gasteiger partial charge in [0.2, 0.25) is 10.0 Å². The van der Waals surface area contributed by atoms with E-state index < -0.39 is 10.0 Å². The van der Waals surface area contributed by atoms with Crippen molar-refractivity contribution in [2.75, 3.05) is 0 Å². The molecule has 0 radical (unpaired) electrons. The molecule has 0 aromatic heterocycles. The first-order valence-electron chi connectivity index (χ1n) is 6.61. The van der Waals surface area contributed by atoms with E-state index in [9.17, 15) is 13.5 Å². The predicted molar refractivity (Wildman–Crippen MR) is 88.6 cm³/mol. The molecule has 2 rings (SSSR count). The minimum Gasteiger partial charge on any atom is -0.392 e. The fourth-order valence-corrected chi connectivity index (χ4v) is 2.77. The van der Waals surface area contributed by atoms with Gasteiger partial charge in [0.05, 0.1) is 6.61 Å². The highest BCUT2D eigenvalue weighted by Gasteiger charge is 2.07. The molecular formula is C16H16ClNO3S. The number of hydrogen-bond acceptors (Lipinski definition) is 3. The van der Waals surface area contributed by atoms with E-state index in [0.717, 1.165) is 16.5 Å². The van der Waals surface area contributed by atoms with Crippen molar-refractivity contribution in [1.29, 1.82) is 0 Å². The molecule has 116 valence electrons. The lowest BCUT2D eigenvalue weighted by atomic mass is 10.1. The zero-order valence-electron chi connectivity index (χ0n) is 11.7. The van der Waals surface area contributed by atoms with Crippen LogP contribution in [0.3, 0.4) is 0 Å². The molecule has 0 saturated carbocycles. The van der Waals surface area contributed by atoms with Gasteiger partial charge in [0.15, 0.2) is 0 Å². The second-order valence-electron chi connectivity index (χ2n) is 4.65. The molecule has 0 amide bonds. The SMILES string of the molecule is O=S(=O)(/C=C/c1ccc(Cl)cc1)NCc1ccccc1CO. The largest absolute Gasteiger partial charge is 0.392 e. The normalized spacial score (nSPS) is 11.9. The van der Waals surface area contributed by atoms with Gasteiger partial charge >= 0.3 is 0 Å². The van der Waals surface area contributed by atoms with E-state index in [2.05, 4.69) is 4.72 Å². The smallest absolute Gasteiger partial charge is 0.234 e. The van der Waals surface area contributed by atoms with Crippen molar-refractivity contribution >= 4 is 27.7 Å². The number of hydrogen-bond donors (Lipinski definition) is 2. The molecule has 4 nitrogen and oxygen atoms in total. The van der Waals surface area contributed by atoms with Crippen molar-refractivity contribution in [2.45, 2.75) is 13.2 Å². The zero-order chi connectivity index (χ0) is 16.0. The van der Waals surface area contributed by atoms with Gasteiger partial charge in [-0.1, -0.05) is 48.0 Å². The highest BCUT2D eigenvalue weighted by Crippen LogP contribution is 2.12. The van der Waals surface area contributed by atoms with Gasteiger partial charge in [-0.2, -0.15) is 0 Å². The molecule has 2 N–H and O–H groups in total. The molecule has 0 unspecified atom stereocenters. The molecule has 22 heavy (non-hydrogen) atoms. The molecule has 0 bridgehead atoms. The van der Waals surface area contributed by atoms with Crippen LogP contribution in [0.25, 0.3) is 6.08 Å². The number of nitrogens with one attached hydrogen (secondary N) is 1. The van der Waals surface area contributed by atoms with Crippen LogP contribution in [0, 0.1) is 0 Å². The Balaban J connectivity index is 2.03. The van der Waals surface area contributed by atoms with E-state index >= 15 is 0 Å². The minimum atomic E-state index is -3.56. The molecule has 0 aliphatic heterocycles. The first kappa shape index (κ1) is 16.7. The summed E-state index contributed by atoms with van der Waals surface area (Å²) >= 11 is 5.77. The summed E-state index contributed by atoms with van der Waals surface area (Å²) < 4.78 is 26.4. The van der Waals surface area contributed by atoms with Crippen LogP contribution in [-0.4, -0.2) is 13.5 Å². The fraction of sp³-hybridized carbons (Fsp3) is 0.125. The van der Waals surface area contributed by atoms with Crippen LogP contribution in [0.1, 0.15) is 16.7 Å². The minimum absolute atomic E-state index is 0.126. The molecule has 6 heteroatoms. The number of rotatable bonds is 6. The molecule has 0 saturated heterocycles. The molecule has 2 aromatic rings. The average molecular weight is 338 g/mol. The van der Waals surface area contributed by atoms with Crippen molar-refractivity contribution in [3.8, 4) is 0 Å². The molecular weight excluding hydrogens is 322 g/mol. The maximum atomic E-state index is 12.0. The summed E-state index contributed by atoms with van der Waals surface area (Å²) in [6, 6.07) is 14.0. The number of aliphatic hydroxyl groups is 1. The predicted octanol–water partition coefficient (Wildman–Crippen LogP) is 2.92. The quantitative estimate of drug-likeness (QED) is 0.851. The monoisotopic (exact) mass is 337 g/mol. The summed E-state index contributed by atoms with van der Waals surface area (Å²) in [4.78, 5) is 0. The summed E-state index contributed by atoms with van der Waals surface area (Å²) in [6.45, 7) is 0.00252. The third-order valence-electron chi connectivity index (χ3n) is 3.06. The average Bonchev–Trinajstić information content (AvgIpc) is 2.53. The van der Waals surface area contributed by atoms with Crippen LogP contribution >= 0.6 is 11.6 Å². The topological polar surface area (TPSA) is 66.4 Å². The number of halogens is 1. The maximum absolute atomic E-state index is 12.0.